The van der Waals surface area contributed by atoms with E-state index < -0.39 is 65.0 Å². The predicted octanol–water partition coefficient (Wildman–Crippen LogP) is 15.4. The first-order valence-electron chi connectivity index (χ1n) is 39.0. The molecule has 29 nitrogen and oxygen atoms in total. The summed E-state index contributed by atoms with van der Waals surface area (Å²) in [7, 11) is 13.8. The molecule has 3 unspecified atom stereocenters. The summed E-state index contributed by atoms with van der Waals surface area (Å²) in [5.74, 6) is 2.77. The molecule has 3 heterocycles. The van der Waals surface area contributed by atoms with Crippen molar-refractivity contribution in [2.75, 3.05) is 59.4 Å². The van der Waals surface area contributed by atoms with Gasteiger partial charge in [-0.3, -0.25) is 20.1 Å². The van der Waals surface area contributed by atoms with Crippen LogP contribution in [0.25, 0.3) is 57.4 Å². The second kappa shape index (κ2) is 53.6. The molecule has 0 bridgehead atoms. The number of hydroxylamine groups is 1. The molecule has 3 atom stereocenters. The Labute approximate surface area is 715 Å². The van der Waals surface area contributed by atoms with E-state index in [2.05, 4.69) is 127 Å². The van der Waals surface area contributed by atoms with Gasteiger partial charge < -0.3 is 75.8 Å². The number of anilines is 1. The zero-order chi connectivity index (χ0) is 87.9. The second-order valence-electron chi connectivity index (χ2n) is 33.4. The zero-order valence-electron chi connectivity index (χ0n) is 73.5. The predicted molar refractivity (Wildman–Crippen MR) is 476 cm³/mol. The van der Waals surface area contributed by atoms with Crippen molar-refractivity contribution < 1.29 is 73.5 Å². The quantitative estimate of drug-likeness (QED) is 0.00335. The molecule has 4 aromatic carbocycles. The number of nitrogens with one attached hydrogen (secondary N) is 4. The molecule has 0 aliphatic rings. The Morgan fingerprint density at radius 2 is 0.814 bits per heavy atom. The van der Waals surface area contributed by atoms with Crippen molar-refractivity contribution in [3.63, 3.8) is 0 Å². The van der Waals surface area contributed by atoms with Crippen molar-refractivity contribution in [3.8, 4) is 0 Å². The van der Waals surface area contributed by atoms with Crippen LogP contribution in [-0.4, -0.2) is 170 Å². The van der Waals surface area contributed by atoms with E-state index in [-0.39, 0.29) is 46.5 Å². The second-order valence-corrected chi connectivity index (χ2v) is 37.6. The van der Waals surface area contributed by atoms with Gasteiger partial charge in [0.05, 0.1) is 59.4 Å². The first-order valence-corrected chi connectivity index (χ1v) is 46.2. The SMILES string of the molecule is CC.CC(Cc1nc2cc(/C=C/C(=O)NO)ccc2n1CCN)CC(C)(C)C.COC(=O)/C=C/c1ccc(NCCNC(=O)OC(C)(C)C)c([N+](=O)[O-])c1.COC(=O)/C=C/c1ccc2c(c1)nc(CC(C)CC(C)(C)C)n2CCN.COC(=O)/C=C/c1ccc2c(c1)nc(CC(C)CC(C)(C)C)n2CCNC(=O)OC(C)(C)C.O.O.[Cl][Sn][Cl]. The van der Waals surface area contributed by atoms with Gasteiger partial charge in [-0.15, -0.1) is 0 Å². The minimum atomic E-state index is -0.826. The number of rotatable bonds is 29. The third-order valence-electron chi connectivity index (χ3n) is 16.4. The van der Waals surface area contributed by atoms with E-state index in [4.69, 9.17) is 58.9 Å². The molecular weight excluding hydrogens is 1660 g/mol. The molecule has 0 saturated carbocycles. The molecule has 0 fully saturated rings. The summed E-state index contributed by atoms with van der Waals surface area (Å²) >= 11 is -0.826. The van der Waals surface area contributed by atoms with E-state index in [1.54, 1.807) is 50.5 Å². The number of carbonyl (C=O) groups is 6. The first-order chi connectivity index (χ1) is 54.3. The number of halogens is 2. The van der Waals surface area contributed by atoms with Crippen LogP contribution in [-0.2, 0) is 81.8 Å². The number of amides is 3. The van der Waals surface area contributed by atoms with Crippen molar-refractivity contribution in [1.82, 2.24) is 44.8 Å². The molecule has 118 heavy (non-hydrogen) atoms. The van der Waals surface area contributed by atoms with Crippen LogP contribution < -0.4 is 32.9 Å². The van der Waals surface area contributed by atoms with Gasteiger partial charge in [0.15, 0.2) is 0 Å². The number of alkyl carbamates (subject to hydrolysis) is 2. The Hall–Kier alpha value is -8.95. The molecule has 7 rings (SSSR count). The van der Waals surface area contributed by atoms with Crippen LogP contribution in [0.5, 0.6) is 0 Å². The average molecular weight is 1790 g/mol. The van der Waals surface area contributed by atoms with Gasteiger partial charge in [0.1, 0.15) is 34.4 Å². The number of nitrogens with zero attached hydrogens (tertiary/aromatic N) is 7. The number of aromatic nitrogens is 6. The van der Waals surface area contributed by atoms with Crippen LogP contribution in [0.1, 0.15) is 197 Å². The van der Waals surface area contributed by atoms with E-state index in [1.807, 2.05) is 89.2 Å². The Morgan fingerprint density at radius 1 is 0.508 bits per heavy atom. The van der Waals surface area contributed by atoms with E-state index in [0.717, 1.165) is 119 Å². The number of esters is 3. The molecule has 3 aromatic heterocycles. The number of imidazole rings is 3. The monoisotopic (exact) mass is 1790 g/mol. The normalized spacial score (nSPS) is 12.3. The zero-order valence-corrected chi connectivity index (χ0v) is 77.8. The van der Waals surface area contributed by atoms with Gasteiger partial charge >= 0.3 is 66.8 Å². The molecular formula is C86H133Cl2N13O16Sn. The molecule has 656 valence electrons. The van der Waals surface area contributed by atoms with Gasteiger partial charge in [-0.1, -0.05) is 121 Å². The Kier molecular flexibility index (Phi) is 49.5. The molecule has 2 radical (unpaired) electrons. The summed E-state index contributed by atoms with van der Waals surface area (Å²) in [6.45, 7) is 46.1. The van der Waals surface area contributed by atoms with Gasteiger partial charge in [0, 0.05) is 102 Å². The van der Waals surface area contributed by atoms with Gasteiger partial charge in [-0.2, -0.15) is 0 Å². The van der Waals surface area contributed by atoms with Gasteiger partial charge in [0.2, 0.25) is 0 Å². The van der Waals surface area contributed by atoms with Crippen LogP contribution in [0, 0.1) is 44.1 Å². The molecule has 13 N–H and O–H groups in total. The maximum absolute atomic E-state index is 12.1. The number of fused-ring (bicyclic) bond motifs is 3. The fourth-order valence-electron chi connectivity index (χ4n) is 12.8. The van der Waals surface area contributed by atoms with E-state index in [1.165, 1.54) is 63.8 Å². The standard InChI is InChI=1S/C26H39N3O4.C21H31N3O2.C20H30N4O2.C17H23N3O6.C2H6.2ClH.2H2O.Sn/c1-18(17-25(2,3)4)15-22-28-20-16-19(10-12-23(30)32-8)9-11-21(20)29(22)14-13-27-24(31)33-26(5,6)7;1-15(14-21(2,3)4)12-19-23-17-13-16(7-9-20(25)26-5)6-8-18(17)24(19)11-10-22;1-14(13-20(2,3)4)11-18-22-16-12-15(6-8-19(25)23-26)5-7-17(16)24(18)10-9-21;1-17(2,3)26-16(22)19-10-9-18-13-7-5-12(6-8-15(21)25-4)11-14(13)20(23)24;1-2;;;;;/h9-12,16,18H,13-15,17H2,1-8H3,(H,27,31);6-9,13,15H,10-12,14,22H2,1-5H3;5-8,12,14,26H,9-11,13,21H2,1-4H3,(H,23,25);5-8,11,18H,9-10H2,1-4H3,(H,19,22);1-2H3;2*1H;2*1H2;/q;;;;;;;;;+2/p-2/b12-10+;9-7+;2*8-6+;;;;;;. The Balaban J connectivity index is 0.00000152. The topological polar surface area (TPSA) is 429 Å². The Bertz CT molecular complexity index is 4270. The van der Waals surface area contributed by atoms with E-state index in [0.29, 0.717) is 60.6 Å². The summed E-state index contributed by atoms with van der Waals surface area (Å²) in [4.78, 5) is 93.8. The minimum absolute atomic E-state index is 0. The van der Waals surface area contributed by atoms with Crippen LogP contribution >= 0.6 is 17.8 Å². The number of hydrogen-bond donors (Lipinski definition) is 7. The van der Waals surface area contributed by atoms with Crippen molar-refractivity contribution in [3.05, 3.63) is 147 Å². The first kappa shape index (κ1) is 109. The third-order valence-corrected chi connectivity index (χ3v) is 16.4. The van der Waals surface area contributed by atoms with Crippen LogP contribution in [0.15, 0.2) is 97.1 Å². The molecule has 0 saturated heterocycles. The number of carbonyl (C=O) groups excluding carboxylic acids is 6. The molecule has 0 aliphatic heterocycles. The number of nitro groups is 1. The van der Waals surface area contributed by atoms with Crippen LogP contribution in [0.2, 0.25) is 0 Å². The number of nitro benzene ring substituents is 1. The van der Waals surface area contributed by atoms with E-state index in [9.17, 15) is 38.9 Å². The van der Waals surface area contributed by atoms with Crippen LogP contribution in [0.4, 0.5) is 21.0 Å². The fraction of sp³-hybridized carbons (Fsp3) is 0.523. The number of nitrogens with two attached hydrogens (primary N) is 2. The average Bonchev–Trinajstić information content (AvgIpc) is 1.65. The summed E-state index contributed by atoms with van der Waals surface area (Å²) in [5.41, 5.74) is 22.0. The van der Waals surface area contributed by atoms with Gasteiger partial charge in [-0.25, -0.2) is 44.4 Å². The van der Waals surface area contributed by atoms with Crippen molar-refractivity contribution in [1.29, 1.82) is 0 Å². The number of benzene rings is 4. The van der Waals surface area contributed by atoms with E-state index >= 15 is 0 Å². The summed E-state index contributed by atoms with van der Waals surface area (Å²) in [6, 6.07) is 22.3. The van der Waals surface area contributed by atoms with Crippen molar-refractivity contribution >= 4 is 142 Å². The molecule has 3 amide bonds. The number of ether oxygens (including phenoxy) is 5. The summed E-state index contributed by atoms with van der Waals surface area (Å²) in [5, 5.41) is 28.1. The van der Waals surface area contributed by atoms with Gasteiger partial charge in [-0.05, 0) is 184 Å². The van der Waals surface area contributed by atoms with Crippen molar-refractivity contribution in [2.45, 2.75) is 208 Å². The van der Waals surface area contributed by atoms with Gasteiger partial charge in [0.25, 0.3) is 11.6 Å². The third kappa shape index (κ3) is 43.1. The van der Waals surface area contributed by atoms with Crippen molar-refractivity contribution in [2.24, 2.45) is 45.5 Å². The molecule has 0 aliphatic carbocycles. The Morgan fingerprint density at radius 3 is 1.11 bits per heavy atom. The maximum atomic E-state index is 12.1. The fourth-order valence-corrected chi connectivity index (χ4v) is 12.8. The molecule has 0 spiro atoms. The van der Waals surface area contributed by atoms with Crippen LogP contribution in [0.3, 0.4) is 0 Å². The molecule has 7 aromatic rings. The summed E-state index contributed by atoms with van der Waals surface area (Å²) < 4.78 is 30.8. The summed E-state index contributed by atoms with van der Waals surface area (Å²) in [6.07, 6.45) is 16.9. The number of hydrogen-bond acceptors (Lipinski definition) is 20. The number of methoxy groups -OCH3 is 3. The molecule has 32 heteroatoms.